The van der Waals surface area contributed by atoms with Crippen LogP contribution in [-0.2, 0) is 12.7 Å². The number of fused-ring (bicyclic) bond motifs is 2. The lowest BCUT2D eigenvalue weighted by Crippen LogP contribution is -2.04. The lowest BCUT2D eigenvalue weighted by molar-refractivity contribution is -0.156. The van der Waals surface area contributed by atoms with E-state index in [1.807, 2.05) is 30.3 Å². The summed E-state index contributed by atoms with van der Waals surface area (Å²) in [5.74, 6) is -1.24. The quantitative estimate of drug-likeness (QED) is 0.568. The fourth-order valence-corrected chi connectivity index (χ4v) is 2.68. The van der Waals surface area contributed by atoms with Crippen LogP contribution in [0.3, 0.4) is 0 Å². The summed E-state index contributed by atoms with van der Waals surface area (Å²) in [7, 11) is 0. The Bertz CT molecular complexity index is 1050. The zero-order chi connectivity index (χ0) is 17.4. The van der Waals surface area contributed by atoms with Gasteiger partial charge in [-0.25, -0.2) is 4.98 Å². The summed E-state index contributed by atoms with van der Waals surface area (Å²) >= 11 is 0. The van der Waals surface area contributed by atoms with Gasteiger partial charge in [0.05, 0.1) is 5.52 Å². The highest BCUT2D eigenvalue weighted by Crippen LogP contribution is 2.32. The summed E-state index contributed by atoms with van der Waals surface area (Å²) in [6.45, 7) is 0.512. The summed E-state index contributed by atoms with van der Waals surface area (Å²) in [4.78, 5) is 7.81. The molecule has 0 saturated heterocycles. The van der Waals surface area contributed by atoms with Gasteiger partial charge in [-0.3, -0.25) is 4.98 Å². The number of aromatic nitrogens is 2. The van der Waals surface area contributed by atoms with Gasteiger partial charge in [0.1, 0.15) is 5.52 Å². The molecule has 4 rings (SSSR count). The highest BCUT2D eigenvalue weighted by Gasteiger charge is 2.37. The van der Waals surface area contributed by atoms with Crippen molar-refractivity contribution in [3.8, 4) is 0 Å². The molecule has 4 aromatic rings. The Morgan fingerprint density at radius 2 is 1.88 bits per heavy atom. The first-order valence-electron chi connectivity index (χ1n) is 7.55. The normalized spacial score (nSPS) is 12.0. The van der Waals surface area contributed by atoms with E-state index in [0.717, 1.165) is 16.5 Å². The topological polar surface area (TPSA) is 51.0 Å². The van der Waals surface area contributed by atoms with E-state index in [-0.39, 0.29) is 11.1 Å². The number of rotatable bonds is 3. The molecule has 0 saturated carbocycles. The SMILES string of the molecule is FC(F)(F)c1nc2cc(NCc3cccc4ncccc34)ccc2o1. The van der Waals surface area contributed by atoms with E-state index in [9.17, 15) is 13.2 Å². The van der Waals surface area contributed by atoms with Crippen LogP contribution < -0.4 is 5.32 Å². The van der Waals surface area contributed by atoms with Gasteiger partial charge in [0.2, 0.25) is 0 Å². The summed E-state index contributed by atoms with van der Waals surface area (Å²) in [5, 5.41) is 4.23. The third-order valence-electron chi connectivity index (χ3n) is 3.85. The zero-order valence-corrected chi connectivity index (χ0v) is 12.8. The van der Waals surface area contributed by atoms with Crippen LogP contribution in [0.25, 0.3) is 22.0 Å². The van der Waals surface area contributed by atoms with Crippen LogP contribution in [0.2, 0.25) is 0 Å². The third-order valence-corrected chi connectivity index (χ3v) is 3.85. The number of hydrogen-bond acceptors (Lipinski definition) is 4. The summed E-state index contributed by atoms with van der Waals surface area (Å²) < 4.78 is 42.7. The van der Waals surface area contributed by atoms with E-state index in [4.69, 9.17) is 4.42 Å². The van der Waals surface area contributed by atoms with Crippen LogP contribution in [0.4, 0.5) is 18.9 Å². The molecule has 1 N–H and O–H groups in total. The fourth-order valence-electron chi connectivity index (χ4n) is 2.68. The first-order valence-corrected chi connectivity index (χ1v) is 7.55. The van der Waals surface area contributed by atoms with E-state index in [1.165, 1.54) is 12.1 Å². The van der Waals surface area contributed by atoms with Crippen LogP contribution in [0, 0.1) is 0 Å². The maximum atomic E-state index is 12.7. The van der Waals surface area contributed by atoms with Gasteiger partial charge in [0.15, 0.2) is 5.58 Å². The Labute approximate surface area is 140 Å². The van der Waals surface area contributed by atoms with E-state index >= 15 is 0 Å². The molecular weight excluding hydrogens is 331 g/mol. The second-order valence-electron chi connectivity index (χ2n) is 5.54. The molecule has 0 bridgehead atoms. The van der Waals surface area contributed by atoms with Gasteiger partial charge in [0, 0.05) is 23.8 Å². The molecule has 0 spiro atoms. The van der Waals surface area contributed by atoms with Crippen molar-refractivity contribution in [2.75, 3.05) is 5.32 Å². The Morgan fingerprint density at radius 1 is 1.00 bits per heavy atom. The summed E-state index contributed by atoms with van der Waals surface area (Å²) in [6.07, 6.45) is -2.86. The van der Waals surface area contributed by atoms with E-state index in [2.05, 4.69) is 15.3 Å². The number of oxazole rings is 1. The van der Waals surface area contributed by atoms with E-state index in [0.29, 0.717) is 12.2 Å². The van der Waals surface area contributed by atoms with E-state index in [1.54, 1.807) is 12.3 Å². The second-order valence-corrected chi connectivity index (χ2v) is 5.54. The number of nitrogens with one attached hydrogen (secondary N) is 1. The van der Waals surface area contributed by atoms with Crippen LogP contribution in [0.1, 0.15) is 11.5 Å². The number of anilines is 1. The Hall–Kier alpha value is -3.09. The maximum Gasteiger partial charge on any atom is 0.468 e. The molecule has 0 aliphatic carbocycles. The van der Waals surface area contributed by atoms with Crippen LogP contribution >= 0.6 is 0 Å². The van der Waals surface area contributed by atoms with Crippen molar-refractivity contribution in [1.29, 1.82) is 0 Å². The first kappa shape index (κ1) is 15.4. The Kier molecular flexibility index (Phi) is 3.56. The minimum absolute atomic E-state index is 0.104. The molecule has 0 radical (unpaired) electrons. The average molecular weight is 343 g/mol. The highest BCUT2D eigenvalue weighted by molar-refractivity contribution is 5.82. The van der Waals surface area contributed by atoms with Crippen molar-refractivity contribution in [3.05, 3.63) is 66.2 Å². The predicted octanol–water partition coefficient (Wildman–Crippen LogP) is 5.01. The highest BCUT2D eigenvalue weighted by atomic mass is 19.4. The average Bonchev–Trinajstić information content (AvgIpc) is 3.03. The second kappa shape index (κ2) is 5.77. The smallest absolute Gasteiger partial charge is 0.433 e. The molecule has 126 valence electrons. The molecule has 0 atom stereocenters. The molecular formula is C18H12F3N3O. The van der Waals surface area contributed by atoms with Crippen LogP contribution in [0.15, 0.2) is 59.1 Å². The third kappa shape index (κ3) is 3.00. The molecule has 0 unspecified atom stereocenters. The molecule has 0 aliphatic rings. The van der Waals surface area contributed by atoms with Gasteiger partial charge >= 0.3 is 12.1 Å². The molecule has 2 aromatic carbocycles. The lowest BCUT2D eigenvalue weighted by atomic mass is 10.1. The summed E-state index contributed by atoms with van der Waals surface area (Å²) in [6, 6.07) is 14.4. The molecule has 0 amide bonds. The number of pyridine rings is 1. The Morgan fingerprint density at radius 3 is 2.72 bits per heavy atom. The number of alkyl halides is 3. The van der Waals surface area contributed by atoms with Crippen LogP contribution in [0.5, 0.6) is 0 Å². The van der Waals surface area contributed by atoms with Gasteiger partial charge in [-0.15, -0.1) is 0 Å². The van der Waals surface area contributed by atoms with Crippen LogP contribution in [-0.4, -0.2) is 9.97 Å². The van der Waals surface area contributed by atoms with Gasteiger partial charge in [-0.2, -0.15) is 13.2 Å². The minimum Gasteiger partial charge on any atom is -0.433 e. The van der Waals surface area contributed by atoms with Crippen molar-refractivity contribution < 1.29 is 17.6 Å². The van der Waals surface area contributed by atoms with E-state index < -0.39 is 12.1 Å². The molecule has 25 heavy (non-hydrogen) atoms. The van der Waals surface area contributed by atoms with Crippen molar-refractivity contribution >= 4 is 27.7 Å². The summed E-state index contributed by atoms with van der Waals surface area (Å²) in [5.41, 5.74) is 2.87. The molecule has 2 aromatic heterocycles. The molecule has 7 heteroatoms. The van der Waals surface area contributed by atoms with Gasteiger partial charge in [-0.1, -0.05) is 18.2 Å². The Balaban J connectivity index is 1.60. The maximum absolute atomic E-state index is 12.7. The monoisotopic (exact) mass is 343 g/mol. The minimum atomic E-state index is -4.59. The molecule has 0 aliphatic heterocycles. The van der Waals surface area contributed by atoms with Gasteiger partial charge in [0.25, 0.3) is 0 Å². The molecule has 2 heterocycles. The van der Waals surface area contributed by atoms with Crippen molar-refractivity contribution in [2.45, 2.75) is 12.7 Å². The number of benzene rings is 2. The molecule has 0 fully saturated rings. The fraction of sp³-hybridized carbons (Fsp3) is 0.111. The zero-order valence-electron chi connectivity index (χ0n) is 12.8. The number of nitrogens with zero attached hydrogens (tertiary/aromatic N) is 2. The lowest BCUT2D eigenvalue weighted by Gasteiger charge is -2.09. The number of hydrogen-bond donors (Lipinski definition) is 1. The number of halogens is 3. The molecule has 4 nitrogen and oxygen atoms in total. The van der Waals surface area contributed by atoms with Crippen molar-refractivity contribution in [2.24, 2.45) is 0 Å². The largest absolute Gasteiger partial charge is 0.468 e. The predicted molar refractivity (Wildman–Crippen MR) is 88.1 cm³/mol. The van der Waals surface area contributed by atoms with Crippen molar-refractivity contribution in [3.63, 3.8) is 0 Å². The van der Waals surface area contributed by atoms with Gasteiger partial charge in [-0.05, 0) is 35.9 Å². The van der Waals surface area contributed by atoms with Gasteiger partial charge < -0.3 is 9.73 Å². The standard InChI is InChI=1S/C18H12F3N3O/c19-18(20,21)17-24-15-9-12(6-7-16(15)25-17)23-10-11-3-1-5-14-13(11)4-2-8-22-14/h1-9,23H,10H2. The van der Waals surface area contributed by atoms with Crippen molar-refractivity contribution in [1.82, 2.24) is 9.97 Å². The first-order chi connectivity index (χ1) is 12.0.